The van der Waals surface area contributed by atoms with Gasteiger partial charge < -0.3 is 19.0 Å². The van der Waals surface area contributed by atoms with Crippen molar-refractivity contribution < 1.29 is 23.3 Å². The SMILES string of the molecule is COC(=O)c1sc2nc(CN(C)C(C)c3ccon3)ccc2c1NC(=O)c1ccco1. The van der Waals surface area contributed by atoms with Crippen molar-refractivity contribution in [3.05, 3.63) is 64.9 Å². The van der Waals surface area contributed by atoms with Crippen LogP contribution in [-0.4, -0.2) is 41.1 Å². The number of hydrogen-bond acceptors (Lipinski definition) is 9. The number of methoxy groups -OCH3 is 1. The van der Waals surface area contributed by atoms with E-state index < -0.39 is 11.9 Å². The molecular weight excluding hydrogens is 420 g/mol. The number of pyridine rings is 1. The van der Waals surface area contributed by atoms with Crippen molar-refractivity contribution in [2.24, 2.45) is 0 Å². The molecule has 0 aliphatic heterocycles. The van der Waals surface area contributed by atoms with E-state index in [1.165, 1.54) is 24.7 Å². The quantitative estimate of drug-likeness (QED) is 0.428. The van der Waals surface area contributed by atoms with Crippen molar-refractivity contribution in [1.82, 2.24) is 15.0 Å². The van der Waals surface area contributed by atoms with Gasteiger partial charge in [0.1, 0.15) is 21.7 Å². The Balaban J connectivity index is 1.63. The lowest BCUT2D eigenvalue weighted by Crippen LogP contribution is -2.22. The van der Waals surface area contributed by atoms with E-state index in [1.54, 1.807) is 18.4 Å². The summed E-state index contributed by atoms with van der Waals surface area (Å²) in [6.45, 7) is 2.59. The Morgan fingerprint density at radius 1 is 1.26 bits per heavy atom. The van der Waals surface area contributed by atoms with Gasteiger partial charge in [-0.15, -0.1) is 11.3 Å². The molecule has 1 N–H and O–H groups in total. The summed E-state index contributed by atoms with van der Waals surface area (Å²) < 4.78 is 15.0. The predicted octanol–water partition coefficient (Wildman–Crippen LogP) is 4.11. The number of furan rings is 1. The summed E-state index contributed by atoms with van der Waals surface area (Å²) >= 11 is 1.17. The van der Waals surface area contributed by atoms with Crippen LogP contribution in [0.1, 0.15) is 44.6 Å². The van der Waals surface area contributed by atoms with E-state index in [1.807, 2.05) is 32.2 Å². The second kappa shape index (κ2) is 8.70. The molecule has 9 nitrogen and oxygen atoms in total. The Bertz CT molecular complexity index is 1200. The van der Waals surface area contributed by atoms with Crippen LogP contribution in [-0.2, 0) is 11.3 Å². The van der Waals surface area contributed by atoms with Crippen molar-refractivity contribution in [3.63, 3.8) is 0 Å². The van der Waals surface area contributed by atoms with Gasteiger partial charge >= 0.3 is 5.97 Å². The second-order valence-electron chi connectivity index (χ2n) is 6.90. The standard InChI is InChI=1S/C21H20N4O5S/c1-12(15-8-10-30-24-15)25(2)11-13-6-7-14-17(23-19(26)16-5-4-9-29-16)18(21(27)28-3)31-20(14)22-13/h4-10,12H,11H2,1-3H3,(H,23,26). The minimum atomic E-state index is -0.545. The number of amides is 1. The molecule has 4 aromatic rings. The topological polar surface area (TPSA) is 111 Å². The van der Waals surface area contributed by atoms with Crippen LogP contribution in [0.15, 0.2) is 51.8 Å². The Kier molecular flexibility index (Phi) is 5.83. The van der Waals surface area contributed by atoms with Crippen LogP contribution in [0, 0.1) is 0 Å². The van der Waals surface area contributed by atoms with Crippen LogP contribution in [0.25, 0.3) is 10.2 Å². The first-order valence-corrected chi connectivity index (χ1v) is 10.3. The van der Waals surface area contributed by atoms with E-state index in [0.29, 0.717) is 22.4 Å². The zero-order valence-electron chi connectivity index (χ0n) is 17.1. The van der Waals surface area contributed by atoms with Crippen molar-refractivity contribution in [2.45, 2.75) is 19.5 Å². The van der Waals surface area contributed by atoms with E-state index in [0.717, 1.165) is 11.4 Å². The van der Waals surface area contributed by atoms with Gasteiger partial charge in [0.2, 0.25) is 0 Å². The number of rotatable bonds is 7. The monoisotopic (exact) mass is 440 g/mol. The smallest absolute Gasteiger partial charge is 0.350 e. The van der Waals surface area contributed by atoms with Gasteiger partial charge in [-0.05, 0) is 38.2 Å². The molecule has 0 aliphatic rings. The molecule has 0 bridgehead atoms. The zero-order chi connectivity index (χ0) is 22.0. The third-order valence-electron chi connectivity index (χ3n) is 4.93. The van der Waals surface area contributed by atoms with Gasteiger partial charge in [0.05, 0.1) is 30.8 Å². The first kappa shape index (κ1) is 20.8. The van der Waals surface area contributed by atoms with E-state index in [2.05, 4.69) is 15.4 Å². The summed E-state index contributed by atoms with van der Waals surface area (Å²) in [5.74, 6) is -0.862. The number of nitrogens with zero attached hydrogens (tertiary/aromatic N) is 3. The fourth-order valence-corrected chi connectivity index (χ4v) is 4.17. The van der Waals surface area contributed by atoms with Crippen LogP contribution < -0.4 is 5.32 Å². The molecule has 0 aliphatic carbocycles. The summed E-state index contributed by atoms with van der Waals surface area (Å²) in [5, 5.41) is 7.40. The van der Waals surface area contributed by atoms with Gasteiger partial charge in [-0.25, -0.2) is 9.78 Å². The van der Waals surface area contributed by atoms with E-state index in [4.69, 9.17) is 18.7 Å². The molecular formula is C21H20N4O5S. The number of ether oxygens (including phenoxy) is 1. The number of fused-ring (bicyclic) bond motifs is 1. The lowest BCUT2D eigenvalue weighted by molar-refractivity contribution is 0.0607. The largest absolute Gasteiger partial charge is 0.465 e. The average molecular weight is 440 g/mol. The normalized spacial score (nSPS) is 12.3. The number of carbonyl (C=O) groups is 2. The first-order valence-electron chi connectivity index (χ1n) is 9.44. The van der Waals surface area contributed by atoms with Crippen molar-refractivity contribution >= 4 is 39.1 Å². The molecule has 31 heavy (non-hydrogen) atoms. The summed E-state index contributed by atoms with van der Waals surface area (Å²) in [6.07, 6.45) is 2.95. The van der Waals surface area contributed by atoms with Crippen molar-refractivity contribution in [1.29, 1.82) is 0 Å². The fraction of sp³-hybridized carbons (Fsp3) is 0.238. The molecule has 4 heterocycles. The van der Waals surface area contributed by atoms with Gasteiger partial charge in [0.15, 0.2) is 5.76 Å². The van der Waals surface area contributed by atoms with Gasteiger partial charge in [0.25, 0.3) is 5.91 Å². The number of thiophene rings is 1. The highest BCUT2D eigenvalue weighted by atomic mass is 32.1. The third kappa shape index (κ3) is 4.21. The highest BCUT2D eigenvalue weighted by Crippen LogP contribution is 2.36. The summed E-state index contributed by atoms with van der Waals surface area (Å²) in [5.41, 5.74) is 2.00. The van der Waals surface area contributed by atoms with Gasteiger partial charge in [-0.3, -0.25) is 9.69 Å². The van der Waals surface area contributed by atoms with Crippen LogP contribution in [0.2, 0.25) is 0 Å². The van der Waals surface area contributed by atoms with Crippen LogP contribution in [0.3, 0.4) is 0 Å². The molecule has 4 rings (SSSR count). The van der Waals surface area contributed by atoms with Crippen LogP contribution >= 0.6 is 11.3 Å². The average Bonchev–Trinajstić information content (AvgIpc) is 3.53. The fourth-order valence-electron chi connectivity index (χ4n) is 3.10. The number of esters is 1. The summed E-state index contributed by atoms with van der Waals surface area (Å²) in [4.78, 5) is 32.5. The molecule has 160 valence electrons. The Morgan fingerprint density at radius 3 is 2.77 bits per heavy atom. The van der Waals surface area contributed by atoms with E-state index >= 15 is 0 Å². The first-order chi connectivity index (χ1) is 15.0. The molecule has 1 atom stereocenters. The van der Waals surface area contributed by atoms with Crippen molar-refractivity contribution in [2.75, 3.05) is 19.5 Å². The maximum absolute atomic E-state index is 12.5. The van der Waals surface area contributed by atoms with Crippen LogP contribution in [0.4, 0.5) is 5.69 Å². The molecule has 0 saturated heterocycles. The molecule has 0 saturated carbocycles. The lowest BCUT2D eigenvalue weighted by atomic mass is 10.2. The summed E-state index contributed by atoms with van der Waals surface area (Å²) in [7, 11) is 3.26. The third-order valence-corrected chi connectivity index (χ3v) is 6.01. The Hall–Kier alpha value is -3.50. The lowest BCUT2D eigenvalue weighted by Gasteiger charge is -2.22. The molecule has 0 radical (unpaired) electrons. The number of hydrogen-bond donors (Lipinski definition) is 1. The van der Waals surface area contributed by atoms with Gasteiger partial charge in [-0.1, -0.05) is 5.16 Å². The van der Waals surface area contributed by atoms with E-state index in [9.17, 15) is 9.59 Å². The van der Waals surface area contributed by atoms with E-state index in [-0.39, 0.29) is 16.7 Å². The highest BCUT2D eigenvalue weighted by molar-refractivity contribution is 7.21. The van der Waals surface area contributed by atoms with Crippen LogP contribution in [0.5, 0.6) is 0 Å². The minimum Gasteiger partial charge on any atom is -0.465 e. The number of nitrogens with one attached hydrogen (secondary N) is 1. The summed E-state index contributed by atoms with van der Waals surface area (Å²) in [6, 6.07) is 8.73. The number of anilines is 1. The maximum atomic E-state index is 12.5. The number of carbonyl (C=O) groups excluding carboxylic acids is 2. The molecule has 1 unspecified atom stereocenters. The molecule has 4 aromatic heterocycles. The Morgan fingerprint density at radius 2 is 2.10 bits per heavy atom. The second-order valence-corrected chi connectivity index (χ2v) is 7.90. The van der Waals surface area contributed by atoms with Gasteiger partial charge in [0, 0.05) is 18.0 Å². The minimum absolute atomic E-state index is 0.0355. The zero-order valence-corrected chi connectivity index (χ0v) is 17.9. The van der Waals surface area contributed by atoms with Crippen molar-refractivity contribution in [3.8, 4) is 0 Å². The Labute approximate surface area is 181 Å². The maximum Gasteiger partial charge on any atom is 0.350 e. The predicted molar refractivity (Wildman–Crippen MR) is 114 cm³/mol. The highest BCUT2D eigenvalue weighted by Gasteiger charge is 2.23. The molecule has 0 spiro atoms. The molecule has 0 fully saturated rings. The molecule has 0 aromatic carbocycles. The molecule has 1 amide bonds. The molecule has 10 heteroatoms. The number of aromatic nitrogens is 2. The van der Waals surface area contributed by atoms with Gasteiger partial charge in [-0.2, -0.15) is 0 Å².